The summed E-state index contributed by atoms with van der Waals surface area (Å²) in [6.45, 7) is 0. The molecule has 0 aliphatic rings. The number of benzene rings is 1. The molecule has 0 unspecified atom stereocenters. The molecule has 0 aromatic heterocycles. The van der Waals surface area contributed by atoms with Crippen molar-refractivity contribution in [3.63, 3.8) is 0 Å². The Morgan fingerprint density at radius 3 is 2.42 bits per heavy atom. The van der Waals surface area contributed by atoms with Gasteiger partial charge in [-0.2, -0.15) is 12.6 Å². The molecule has 4 heteroatoms. The van der Waals surface area contributed by atoms with E-state index < -0.39 is 6.03 Å². The quantitative estimate of drug-likeness (QED) is 0.598. The second-order valence-corrected chi connectivity index (χ2v) is 2.66. The van der Waals surface area contributed by atoms with E-state index in [1.165, 1.54) is 0 Å². The normalized spacial score (nSPS) is 9.42. The van der Waals surface area contributed by atoms with Gasteiger partial charge in [0.1, 0.15) is 0 Å². The maximum absolute atomic E-state index is 10.4. The maximum Gasteiger partial charge on any atom is 0.316 e. The van der Waals surface area contributed by atoms with Crippen LogP contribution in [0.2, 0.25) is 0 Å². The van der Waals surface area contributed by atoms with Gasteiger partial charge in [0.2, 0.25) is 0 Å². The van der Waals surface area contributed by atoms with E-state index in [0.717, 1.165) is 5.56 Å². The van der Waals surface area contributed by atoms with Crippen LogP contribution >= 0.6 is 12.6 Å². The summed E-state index contributed by atoms with van der Waals surface area (Å²) in [5.74, 6) is 0.691. The molecule has 12 heavy (non-hydrogen) atoms. The summed E-state index contributed by atoms with van der Waals surface area (Å²) in [6, 6.07) is 6.80. The Morgan fingerprint density at radius 2 is 2.00 bits per heavy atom. The summed E-state index contributed by atoms with van der Waals surface area (Å²) in [4.78, 5) is 10.4. The molecule has 0 spiro atoms. The fourth-order valence-electron chi connectivity index (χ4n) is 0.836. The number of primary amides is 1. The van der Waals surface area contributed by atoms with Gasteiger partial charge in [0, 0.05) is 11.4 Å². The molecule has 3 N–H and O–H groups in total. The predicted octanol–water partition coefficient (Wildman–Crippen LogP) is 1.61. The second kappa shape index (κ2) is 4.01. The molecule has 0 heterocycles. The Labute approximate surface area is 76.4 Å². The fourth-order valence-corrected chi connectivity index (χ4v) is 1.05. The van der Waals surface area contributed by atoms with Crippen molar-refractivity contribution >= 4 is 24.3 Å². The lowest BCUT2D eigenvalue weighted by Gasteiger charge is -2.01. The summed E-state index contributed by atoms with van der Waals surface area (Å²) in [6.07, 6.45) is 0. The van der Waals surface area contributed by atoms with Crippen molar-refractivity contribution in [1.82, 2.24) is 0 Å². The van der Waals surface area contributed by atoms with Crippen LogP contribution < -0.4 is 11.1 Å². The van der Waals surface area contributed by atoms with Gasteiger partial charge in [-0.1, -0.05) is 12.1 Å². The number of hydrogen-bond acceptors (Lipinski definition) is 2. The maximum atomic E-state index is 10.4. The average Bonchev–Trinajstić information content (AvgIpc) is 2.05. The predicted molar refractivity (Wildman–Crippen MR) is 52.3 cm³/mol. The molecule has 0 atom stereocenters. The van der Waals surface area contributed by atoms with Crippen LogP contribution in [0.1, 0.15) is 5.56 Å². The number of nitrogens with one attached hydrogen (secondary N) is 1. The van der Waals surface area contributed by atoms with E-state index in [4.69, 9.17) is 5.73 Å². The minimum absolute atomic E-state index is 0.548. The SMILES string of the molecule is NC(=O)Nc1ccc(CS)cc1. The number of urea groups is 1. The first kappa shape index (κ1) is 8.93. The highest BCUT2D eigenvalue weighted by molar-refractivity contribution is 7.79. The molecule has 0 fully saturated rings. The lowest BCUT2D eigenvalue weighted by atomic mass is 10.2. The third-order valence-electron chi connectivity index (χ3n) is 1.40. The number of hydrogen-bond donors (Lipinski definition) is 3. The number of rotatable bonds is 2. The molecule has 3 nitrogen and oxygen atoms in total. The minimum Gasteiger partial charge on any atom is -0.351 e. The van der Waals surface area contributed by atoms with Gasteiger partial charge in [-0.05, 0) is 17.7 Å². The summed E-state index contributed by atoms with van der Waals surface area (Å²) in [5.41, 5.74) is 6.74. The summed E-state index contributed by atoms with van der Waals surface area (Å²) in [5, 5.41) is 2.47. The van der Waals surface area contributed by atoms with Crippen LogP contribution in [0, 0.1) is 0 Å². The van der Waals surface area contributed by atoms with Crippen molar-refractivity contribution in [2.45, 2.75) is 5.75 Å². The number of anilines is 1. The molecule has 0 saturated carbocycles. The summed E-state index contributed by atoms with van der Waals surface area (Å²) in [7, 11) is 0. The Bertz CT molecular complexity index is 271. The lowest BCUT2D eigenvalue weighted by molar-refractivity contribution is 0.259. The van der Waals surface area contributed by atoms with Crippen molar-refractivity contribution in [2.24, 2.45) is 5.73 Å². The van der Waals surface area contributed by atoms with E-state index >= 15 is 0 Å². The monoisotopic (exact) mass is 182 g/mol. The third-order valence-corrected chi connectivity index (χ3v) is 1.77. The molecule has 0 aliphatic carbocycles. The van der Waals surface area contributed by atoms with Gasteiger partial charge in [-0.15, -0.1) is 0 Å². The Morgan fingerprint density at radius 1 is 1.42 bits per heavy atom. The highest BCUT2D eigenvalue weighted by atomic mass is 32.1. The standard InChI is InChI=1S/C8H10N2OS/c9-8(11)10-7-3-1-6(5-12)2-4-7/h1-4,12H,5H2,(H3,9,10,11). The van der Waals surface area contributed by atoms with Crippen LogP contribution in [0.5, 0.6) is 0 Å². The van der Waals surface area contributed by atoms with Crippen LogP contribution in [-0.4, -0.2) is 6.03 Å². The van der Waals surface area contributed by atoms with Gasteiger partial charge in [0.15, 0.2) is 0 Å². The third kappa shape index (κ3) is 2.47. The zero-order valence-electron chi connectivity index (χ0n) is 6.45. The van der Waals surface area contributed by atoms with Gasteiger partial charge in [0.05, 0.1) is 0 Å². The first-order valence-corrected chi connectivity index (χ1v) is 4.12. The zero-order chi connectivity index (χ0) is 8.97. The van der Waals surface area contributed by atoms with Crippen molar-refractivity contribution in [2.75, 3.05) is 5.32 Å². The van der Waals surface area contributed by atoms with Crippen LogP contribution in [0.4, 0.5) is 10.5 Å². The molecule has 1 aromatic rings. The number of amides is 2. The second-order valence-electron chi connectivity index (χ2n) is 2.34. The highest BCUT2D eigenvalue weighted by Crippen LogP contribution is 2.10. The molecule has 0 saturated heterocycles. The molecule has 1 rings (SSSR count). The van der Waals surface area contributed by atoms with E-state index in [-0.39, 0.29) is 0 Å². The molecule has 64 valence electrons. The minimum atomic E-state index is -0.548. The fraction of sp³-hybridized carbons (Fsp3) is 0.125. The average molecular weight is 182 g/mol. The van der Waals surface area contributed by atoms with Gasteiger partial charge in [-0.25, -0.2) is 4.79 Å². The first-order chi connectivity index (χ1) is 5.72. The van der Waals surface area contributed by atoms with Crippen LogP contribution in [0.3, 0.4) is 0 Å². The van der Waals surface area contributed by atoms with Crippen molar-refractivity contribution < 1.29 is 4.79 Å². The largest absolute Gasteiger partial charge is 0.351 e. The zero-order valence-corrected chi connectivity index (χ0v) is 7.34. The first-order valence-electron chi connectivity index (χ1n) is 3.48. The van der Waals surface area contributed by atoms with Crippen LogP contribution in [-0.2, 0) is 5.75 Å². The Balaban J connectivity index is 2.71. The molecule has 1 aromatic carbocycles. The van der Waals surface area contributed by atoms with Gasteiger partial charge >= 0.3 is 6.03 Å². The van der Waals surface area contributed by atoms with Crippen molar-refractivity contribution in [3.8, 4) is 0 Å². The van der Waals surface area contributed by atoms with Crippen molar-refractivity contribution in [3.05, 3.63) is 29.8 Å². The number of carbonyl (C=O) groups is 1. The number of thiol groups is 1. The Hall–Kier alpha value is -1.16. The molecule has 2 amide bonds. The van der Waals surface area contributed by atoms with Gasteiger partial charge in [-0.3, -0.25) is 0 Å². The van der Waals surface area contributed by atoms with Gasteiger partial charge in [0.25, 0.3) is 0 Å². The topological polar surface area (TPSA) is 55.1 Å². The Kier molecular flexibility index (Phi) is 2.99. The smallest absolute Gasteiger partial charge is 0.316 e. The van der Waals surface area contributed by atoms with E-state index in [9.17, 15) is 4.79 Å². The highest BCUT2D eigenvalue weighted by Gasteiger charge is 1.94. The number of carbonyl (C=O) groups excluding carboxylic acids is 1. The summed E-state index contributed by atoms with van der Waals surface area (Å²) >= 11 is 4.10. The molecule has 0 radical (unpaired) electrons. The molecular formula is C8H10N2OS. The van der Waals surface area contributed by atoms with E-state index in [1.807, 2.05) is 12.1 Å². The van der Waals surface area contributed by atoms with Crippen molar-refractivity contribution in [1.29, 1.82) is 0 Å². The van der Waals surface area contributed by atoms with E-state index in [0.29, 0.717) is 11.4 Å². The van der Waals surface area contributed by atoms with E-state index in [2.05, 4.69) is 17.9 Å². The van der Waals surface area contributed by atoms with E-state index in [1.54, 1.807) is 12.1 Å². The number of nitrogens with two attached hydrogens (primary N) is 1. The molecule has 0 aliphatic heterocycles. The molecule has 0 bridgehead atoms. The van der Waals surface area contributed by atoms with Crippen LogP contribution in [0.15, 0.2) is 24.3 Å². The van der Waals surface area contributed by atoms with Gasteiger partial charge < -0.3 is 11.1 Å². The van der Waals surface area contributed by atoms with Crippen LogP contribution in [0.25, 0.3) is 0 Å². The summed E-state index contributed by atoms with van der Waals surface area (Å²) < 4.78 is 0. The molecular weight excluding hydrogens is 172 g/mol. The lowest BCUT2D eigenvalue weighted by Crippen LogP contribution is -2.19.